The molecule has 3 nitrogen and oxygen atoms in total. The maximum Gasteiger partial charge on any atom is 0.118 e. The van der Waals surface area contributed by atoms with Gasteiger partial charge in [-0.05, 0) is 36.2 Å². The third-order valence-electron chi connectivity index (χ3n) is 3.83. The summed E-state index contributed by atoms with van der Waals surface area (Å²) >= 11 is 0. The number of aliphatic hydroxyl groups excluding tert-OH is 1. The molecule has 0 spiro atoms. The quantitative estimate of drug-likeness (QED) is 0.727. The summed E-state index contributed by atoms with van der Waals surface area (Å²) in [4.78, 5) is 0. The second-order valence-electron chi connectivity index (χ2n) is 5.41. The summed E-state index contributed by atoms with van der Waals surface area (Å²) in [5.74, 6) is 0.797. The molecule has 0 saturated carbocycles. The summed E-state index contributed by atoms with van der Waals surface area (Å²) in [5, 5.41) is 14.3. The van der Waals surface area contributed by atoms with Crippen molar-refractivity contribution in [3.05, 3.63) is 65.7 Å². The molecule has 2 atom stereocenters. The van der Waals surface area contributed by atoms with E-state index in [1.165, 1.54) is 0 Å². The van der Waals surface area contributed by atoms with Gasteiger partial charge >= 0.3 is 0 Å². The van der Waals surface area contributed by atoms with Gasteiger partial charge in [-0.3, -0.25) is 0 Å². The van der Waals surface area contributed by atoms with Crippen molar-refractivity contribution in [2.24, 2.45) is 0 Å². The van der Waals surface area contributed by atoms with Crippen LogP contribution in [0.5, 0.6) is 5.75 Å². The Morgan fingerprint density at radius 3 is 2.27 bits per heavy atom. The molecule has 0 aliphatic rings. The first-order valence-electron chi connectivity index (χ1n) is 7.86. The monoisotopic (exact) mass is 299 g/mol. The number of nitrogens with one attached hydrogen (secondary N) is 1. The van der Waals surface area contributed by atoms with Gasteiger partial charge in [0.1, 0.15) is 5.75 Å². The molecule has 0 aliphatic heterocycles. The van der Waals surface area contributed by atoms with E-state index in [1.807, 2.05) is 42.5 Å². The molecule has 0 bridgehead atoms. The predicted octanol–water partition coefficient (Wildman–Crippen LogP) is 3.86. The van der Waals surface area contributed by atoms with Crippen molar-refractivity contribution in [1.29, 1.82) is 0 Å². The summed E-state index contributed by atoms with van der Waals surface area (Å²) in [5.41, 5.74) is 1.99. The summed E-state index contributed by atoms with van der Waals surface area (Å²) in [7, 11) is 1.64. The molecule has 0 heterocycles. The number of ether oxygens (including phenoxy) is 1. The fourth-order valence-electron chi connectivity index (χ4n) is 2.50. The normalized spacial score (nSPS) is 13.6. The Labute approximate surface area is 133 Å². The first-order chi connectivity index (χ1) is 10.8. The van der Waals surface area contributed by atoms with Crippen LogP contribution in [0, 0.1) is 0 Å². The van der Waals surface area contributed by atoms with Gasteiger partial charge in [-0.25, -0.2) is 0 Å². The highest BCUT2D eigenvalue weighted by Gasteiger charge is 2.22. The van der Waals surface area contributed by atoms with Gasteiger partial charge in [-0.2, -0.15) is 0 Å². The number of rotatable bonds is 8. The third kappa shape index (κ3) is 4.33. The van der Waals surface area contributed by atoms with Gasteiger partial charge in [0.2, 0.25) is 0 Å². The standard InChI is InChI=1S/C19H25NO2/c1-3-4-14-20-18(15-8-6-5-7-9-15)19(21)16-10-12-17(22-2)13-11-16/h5-13,18-21H,3-4,14H2,1-2H3/t18-,19-/m0/s1. The van der Waals surface area contributed by atoms with Crippen molar-refractivity contribution >= 4 is 0 Å². The van der Waals surface area contributed by atoms with Crippen LogP contribution in [0.15, 0.2) is 54.6 Å². The average Bonchev–Trinajstić information content (AvgIpc) is 2.59. The van der Waals surface area contributed by atoms with Crippen LogP contribution >= 0.6 is 0 Å². The summed E-state index contributed by atoms with van der Waals surface area (Å²) < 4.78 is 5.18. The van der Waals surface area contributed by atoms with Gasteiger partial charge in [0.05, 0.1) is 19.3 Å². The highest BCUT2D eigenvalue weighted by Crippen LogP contribution is 2.29. The minimum absolute atomic E-state index is 0.110. The predicted molar refractivity (Wildman–Crippen MR) is 90.0 cm³/mol. The van der Waals surface area contributed by atoms with Gasteiger partial charge in [0.15, 0.2) is 0 Å². The lowest BCUT2D eigenvalue weighted by atomic mass is 9.95. The highest BCUT2D eigenvalue weighted by molar-refractivity contribution is 5.31. The Kier molecular flexibility index (Phi) is 6.44. The van der Waals surface area contributed by atoms with Gasteiger partial charge in [0, 0.05) is 0 Å². The summed E-state index contributed by atoms with van der Waals surface area (Å²) in [6, 6.07) is 17.6. The zero-order valence-corrected chi connectivity index (χ0v) is 13.3. The van der Waals surface area contributed by atoms with Crippen LogP contribution in [-0.2, 0) is 0 Å². The third-order valence-corrected chi connectivity index (χ3v) is 3.83. The second-order valence-corrected chi connectivity index (χ2v) is 5.41. The van der Waals surface area contributed by atoms with Gasteiger partial charge < -0.3 is 15.2 Å². The molecule has 0 unspecified atom stereocenters. The van der Waals surface area contributed by atoms with E-state index < -0.39 is 6.10 Å². The topological polar surface area (TPSA) is 41.5 Å². The van der Waals surface area contributed by atoms with Crippen LogP contribution in [0.4, 0.5) is 0 Å². The Morgan fingerprint density at radius 1 is 1.00 bits per heavy atom. The molecule has 0 amide bonds. The van der Waals surface area contributed by atoms with E-state index in [0.717, 1.165) is 36.3 Å². The van der Waals surface area contributed by atoms with Crippen LogP contribution in [-0.4, -0.2) is 18.8 Å². The second kappa shape index (κ2) is 8.57. The fourth-order valence-corrected chi connectivity index (χ4v) is 2.50. The van der Waals surface area contributed by atoms with Crippen LogP contribution in [0.3, 0.4) is 0 Å². The van der Waals surface area contributed by atoms with Crippen molar-refractivity contribution in [2.75, 3.05) is 13.7 Å². The molecule has 2 aromatic rings. The van der Waals surface area contributed by atoms with E-state index >= 15 is 0 Å². The number of unbranched alkanes of at least 4 members (excludes halogenated alkanes) is 1. The Hall–Kier alpha value is -1.84. The SMILES string of the molecule is CCCCN[C@@H](c1ccccc1)[C@@H](O)c1ccc(OC)cc1. The first kappa shape index (κ1) is 16.5. The Bertz CT molecular complexity index is 539. The van der Waals surface area contributed by atoms with E-state index in [1.54, 1.807) is 7.11 Å². The van der Waals surface area contributed by atoms with E-state index in [0.29, 0.717) is 0 Å². The molecule has 3 heteroatoms. The number of aliphatic hydroxyl groups is 1. The van der Waals surface area contributed by atoms with Gasteiger partial charge in [-0.15, -0.1) is 0 Å². The van der Waals surface area contributed by atoms with Crippen LogP contribution in [0.2, 0.25) is 0 Å². The maximum absolute atomic E-state index is 10.8. The Morgan fingerprint density at radius 2 is 1.68 bits per heavy atom. The van der Waals surface area contributed by atoms with E-state index in [-0.39, 0.29) is 6.04 Å². The maximum atomic E-state index is 10.8. The molecule has 118 valence electrons. The lowest BCUT2D eigenvalue weighted by Gasteiger charge is -2.25. The van der Waals surface area contributed by atoms with Crippen molar-refractivity contribution in [2.45, 2.75) is 31.9 Å². The molecule has 22 heavy (non-hydrogen) atoms. The van der Waals surface area contributed by atoms with Gasteiger partial charge in [-0.1, -0.05) is 55.8 Å². The summed E-state index contributed by atoms with van der Waals surface area (Å²) in [6.07, 6.45) is 1.64. The van der Waals surface area contributed by atoms with Crippen LogP contribution in [0.25, 0.3) is 0 Å². The molecule has 0 radical (unpaired) electrons. The smallest absolute Gasteiger partial charge is 0.118 e. The minimum atomic E-state index is -0.592. The van der Waals surface area contributed by atoms with Crippen molar-refractivity contribution in [3.8, 4) is 5.75 Å². The zero-order valence-electron chi connectivity index (χ0n) is 13.3. The first-order valence-corrected chi connectivity index (χ1v) is 7.86. The highest BCUT2D eigenvalue weighted by atomic mass is 16.5. The molecule has 2 aromatic carbocycles. The largest absolute Gasteiger partial charge is 0.497 e. The summed E-state index contributed by atoms with van der Waals surface area (Å²) in [6.45, 7) is 3.06. The lowest BCUT2D eigenvalue weighted by molar-refractivity contribution is 0.128. The van der Waals surface area contributed by atoms with E-state index in [9.17, 15) is 5.11 Å². The number of methoxy groups -OCH3 is 1. The van der Waals surface area contributed by atoms with Crippen LogP contribution in [0.1, 0.15) is 43.0 Å². The molecule has 0 saturated heterocycles. The molecular weight excluding hydrogens is 274 g/mol. The number of hydrogen-bond acceptors (Lipinski definition) is 3. The minimum Gasteiger partial charge on any atom is -0.497 e. The molecule has 2 rings (SSSR count). The molecule has 2 N–H and O–H groups in total. The van der Waals surface area contributed by atoms with Crippen molar-refractivity contribution < 1.29 is 9.84 Å². The lowest BCUT2D eigenvalue weighted by Crippen LogP contribution is -2.28. The number of hydrogen-bond donors (Lipinski definition) is 2. The van der Waals surface area contributed by atoms with Crippen molar-refractivity contribution in [1.82, 2.24) is 5.32 Å². The van der Waals surface area contributed by atoms with Crippen LogP contribution < -0.4 is 10.1 Å². The number of benzene rings is 2. The van der Waals surface area contributed by atoms with Crippen molar-refractivity contribution in [3.63, 3.8) is 0 Å². The molecule has 0 aliphatic carbocycles. The average molecular weight is 299 g/mol. The molecule has 0 aromatic heterocycles. The Balaban J connectivity index is 2.18. The zero-order chi connectivity index (χ0) is 15.8. The van der Waals surface area contributed by atoms with E-state index in [2.05, 4.69) is 24.4 Å². The van der Waals surface area contributed by atoms with E-state index in [4.69, 9.17) is 4.74 Å². The fraction of sp³-hybridized carbons (Fsp3) is 0.368. The van der Waals surface area contributed by atoms with Gasteiger partial charge in [0.25, 0.3) is 0 Å². The molecular formula is C19H25NO2. The molecule has 0 fully saturated rings.